The summed E-state index contributed by atoms with van der Waals surface area (Å²) in [5, 5.41) is 11.2. The molecule has 0 amide bonds. The Balaban J connectivity index is 2.50. The fourth-order valence-electron chi connectivity index (χ4n) is 4.85. The van der Waals surface area contributed by atoms with Crippen molar-refractivity contribution in [3.05, 3.63) is 47.1 Å². The molecule has 2 N–H and O–H groups in total. The number of esters is 1. The number of phosphoric acid groups is 1. The van der Waals surface area contributed by atoms with Crippen molar-refractivity contribution < 1.29 is 33.1 Å². The van der Waals surface area contributed by atoms with E-state index in [2.05, 4.69) is 19.6 Å². The van der Waals surface area contributed by atoms with Gasteiger partial charge in [-0.1, -0.05) is 63.3 Å². The average Bonchev–Trinajstić information content (AvgIpc) is 2.77. The molecule has 0 bridgehead atoms. The summed E-state index contributed by atoms with van der Waals surface area (Å²) in [5.74, 6) is -0.599. The highest BCUT2D eigenvalue weighted by Crippen LogP contribution is 2.49. The Morgan fingerprint density at radius 2 is 1.89 bits per heavy atom. The second kappa shape index (κ2) is 14.3. The lowest BCUT2D eigenvalue weighted by molar-refractivity contribution is -0.143. The van der Waals surface area contributed by atoms with Crippen molar-refractivity contribution in [2.24, 2.45) is 5.92 Å². The number of aryl methyl sites for hydroxylation is 1. The van der Waals surface area contributed by atoms with Gasteiger partial charge in [-0.2, -0.15) is 0 Å². The second-order valence-electron chi connectivity index (χ2n) is 10.4. The predicted octanol–water partition coefficient (Wildman–Crippen LogP) is 7.76. The van der Waals surface area contributed by atoms with Gasteiger partial charge < -0.3 is 14.7 Å². The van der Waals surface area contributed by atoms with Gasteiger partial charge in [0.05, 0.1) is 6.10 Å². The number of carbonyl (C=O) groups is 1. The van der Waals surface area contributed by atoms with Gasteiger partial charge in [0.1, 0.15) is 11.5 Å². The monoisotopic (exact) mass is 536 g/mol. The minimum absolute atomic E-state index is 0.0652. The van der Waals surface area contributed by atoms with E-state index in [0.717, 1.165) is 43.2 Å². The normalized spacial score (nSPS) is 20.3. The highest BCUT2D eigenvalue weighted by Gasteiger charge is 2.35. The molecule has 208 valence electrons. The van der Waals surface area contributed by atoms with Gasteiger partial charge in [0.15, 0.2) is 6.10 Å². The van der Waals surface area contributed by atoms with Crippen LogP contribution in [-0.2, 0) is 24.8 Å². The molecule has 1 aliphatic carbocycles. The van der Waals surface area contributed by atoms with Gasteiger partial charge >= 0.3 is 13.8 Å². The molecule has 0 aliphatic heterocycles. The predicted molar refractivity (Wildman–Crippen MR) is 147 cm³/mol. The third-order valence-corrected chi connectivity index (χ3v) is 7.79. The van der Waals surface area contributed by atoms with E-state index >= 15 is 0 Å². The zero-order valence-electron chi connectivity index (χ0n) is 23.3. The number of ether oxygens (including phenoxy) is 1. The Morgan fingerprint density at radius 1 is 1.19 bits per heavy atom. The summed E-state index contributed by atoms with van der Waals surface area (Å²) in [5.41, 5.74) is 3.56. The molecule has 0 fully saturated rings. The number of hydrogen-bond donors (Lipinski definition) is 2. The smallest absolute Gasteiger partial charge is 0.473 e. The molecule has 0 radical (unpaired) electrons. The highest BCUT2D eigenvalue weighted by atomic mass is 31.2. The summed E-state index contributed by atoms with van der Waals surface area (Å²) in [7, 11) is -4.48. The molecule has 0 heterocycles. The van der Waals surface area contributed by atoms with E-state index in [0.29, 0.717) is 18.4 Å². The van der Waals surface area contributed by atoms with E-state index in [4.69, 9.17) is 13.8 Å². The number of phenols is 1. The average molecular weight is 537 g/mol. The lowest BCUT2D eigenvalue weighted by atomic mass is 9.73. The van der Waals surface area contributed by atoms with Crippen LogP contribution in [0, 0.1) is 5.92 Å². The standard InChI is InChI=1S/C29H45O7P/c1-8-10-11-13-26(36-37(32,33)35-20(5)6)29(31)34-27-18-22(12-9-2)17-25(30)28(27)24-16-21(7)14-15-23(24)19(3)4/h16-18,20,23-24,26,30H,3,8-15H2,1-2,4-7H3,(H,32,33)/t23-,24+,26?/m0/s1. The van der Waals surface area contributed by atoms with E-state index < -0.39 is 26.0 Å². The Hall–Kier alpha value is -1.92. The number of phenolic OH excluding ortho intramolecular Hbond substituents is 1. The summed E-state index contributed by atoms with van der Waals surface area (Å²) in [6.07, 6.45) is 6.22. The molecule has 2 rings (SSSR count). The third-order valence-electron chi connectivity index (χ3n) is 6.58. The van der Waals surface area contributed by atoms with Gasteiger partial charge in [-0.05, 0) is 77.0 Å². The zero-order chi connectivity index (χ0) is 27.8. The first-order chi connectivity index (χ1) is 17.4. The van der Waals surface area contributed by atoms with Crippen molar-refractivity contribution >= 4 is 13.8 Å². The maximum atomic E-state index is 13.4. The number of rotatable bonds is 14. The molecule has 37 heavy (non-hydrogen) atoms. The number of benzene rings is 1. The van der Waals surface area contributed by atoms with Gasteiger partial charge in [-0.25, -0.2) is 9.36 Å². The minimum atomic E-state index is -4.48. The van der Waals surface area contributed by atoms with Gasteiger partial charge in [0.25, 0.3) is 0 Å². The molecule has 0 saturated heterocycles. The molecule has 8 heteroatoms. The first-order valence-electron chi connectivity index (χ1n) is 13.5. The molecular formula is C29H45O7P. The summed E-state index contributed by atoms with van der Waals surface area (Å²) < 4.78 is 28.8. The zero-order valence-corrected chi connectivity index (χ0v) is 24.2. The number of aromatic hydroxyl groups is 1. The first kappa shape index (κ1) is 31.3. The molecule has 7 nitrogen and oxygen atoms in total. The second-order valence-corrected chi connectivity index (χ2v) is 11.8. The maximum Gasteiger partial charge on any atom is 0.473 e. The molecule has 0 aromatic heterocycles. The Labute approximate surface area is 222 Å². The number of phosphoric ester groups is 1. The van der Waals surface area contributed by atoms with Gasteiger partial charge in [0, 0.05) is 11.5 Å². The van der Waals surface area contributed by atoms with E-state index in [1.807, 2.05) is 20.8 Å². The topological polar surface area (TPSA) is 102 Å². The Kier molecular flexibility index (Phi) is 12.1. The van der Waals surface area contributed by atoms with Crippen LogP contribution in [0.5, 0.6) is 11.5 Å². The Morgan fingerprint density at radius 3 is 2.49 bits per heavy atom. The molecule has 1 aromatic rings. The van der Waals surface area contributed by atoms with Crippen LogP contribution in [0.1, 0.15) is 104 Å². The van der Waals surface area contributed by atoms with Crippen LogP contribution in [0.3, 0.4) is 0 Å². The minimum Gasteiger partial charge on any atom is -0.507 e. The van der Waals surface area contributed by atoms with Crippen molar-refractivity contribution in [2.75, 3.05) is 0 Å². The van der Waals surface area contributed by atoms with Gasteiger partial charge in [-0.3, -0.25) is 9.05 Å². The number of carbonyl (C=O) groups excluding carboxylic acids is 1. The van der Waals surface area contributed by atoms with E-state index in [1.165, 1.54) is 5.57 Å². The Bertz CT molecular complexity index is 1010. The molecule has 0 saturated carbocycles. The van der Waals surface area contributed by atoms with Crippen LogP contribution in [0.25, 0.3) is 0 Å². The van der Waals surface area contributed by atoms with Crippen LogP contribution in [-0.4, -0.2) is 28.2 Å². The van der Waals surface area contributed by atoms with Crippen LogP contribution >= 0.6 is 7.82 Å². The summed E-state index contributed by atoms with van der Waals surface area (Å²) in [4.78, 5) is 23.6. The van der Waals surface area contributed by atoms with Crippen molar-refractivity contribution in [1.29, 1.82) is 0 Å². The molecule has 0 spiro atoms. The van der Waals surface area contributed by atoms with Gasteiger partial charge in [-0.15, -0.1) is 0 Å². The largest absolute Gasteiger partial charge is 0.507 e. The maximum absolute atomic E-state index is 13.4. The fourth-order valence-corrected chi connectivity index (χ4v) is 5.94. The summed E-state index contributed by atoms with van der Waals surface area (Å²) in [6, 6.07) is 3.52. The van der Waals surface area contributed by atoms with Crippen molar-refractivity contribution in [3.8, 4) is 11.5 Å². The molecule has 1 aliphatic rings. The van der Waals surface area contributed by atoms with E-state index in [1.54, 1.807) is 26.0 Å². The lowest BCUT2D eigenvalue weighted by Crippen LogP contribution is -2.29. The van der Waals surface area contributed by atoms with Crippen LogP contribution in [0.2, 0.25) is 0 Å². The van der Waals surface area contributed by atoms with Crippen LogP contribution < -0.4 is 4.74 Å². The molecular weight excluding hydrogens is 491 g/mol. The fraction of sp³-hybridized carbons (Fsp3) is 0.621. The van der Waals surface area contributed by atoms with Crippen LogP contribution in [0.4, 0.5) is 0 Å². The molecule has 2 unspecified atom stereocenters. The third kappa shape index (κ3) is 9.40. The first-order valence-corrected chi connectivity index (χ1v) is 15.0. The molecule has 1 aromatic carbocycles. The quantitative estimate of drug-likeness (QED) is 0.0823. The summed E-state index contributed by atoms with van der Waals surface area (Å²) in [6.45, 7) is 15.5. The lowest BCUT2D eigenvalue weighted by Gasteiger charge is -2.32. The SMILES string of the molecule is C=C(C)[C@@H]1CCC(C)=C[C@H]1c1c(O)cc(CCC)cc1OC(=O)C(CCCCC)OP(=O)(O)OC(C)C. The number of allylic oxidation sites excluding steroid dienone is 3. The van der Waals surface area contributed by atoms with Crippen molar-refractivity contribution in [2.45, 2.75) is 111 Å². The van der Waals surface area contributed by atoms with Crippen molar-refractivity contribution in [1.82, 2.24) is 0 Å². The molecule has 4 atom stereocenters. The number of unbranched alkanes of at least 4 members (excludes halogenated alkanes) is 2. The van der Waals surface area contributed by atoms with Gasteiger partial charge in [0.2, 0.25) is 0 Å². The van der Waals surface area contributed by atoms with Crippen LogP contribution in [0.15, 0.2) is 35.9 Å². The van der Waals surface area contributed by atoms with E-state index in [9.17, 15) is 19.4 Å². The van der Waals surface area contributed by atoms with E-state index in [-0.39, 0.29) is 29.8 Å². The highest BCUT2D eigenvalue weighted by molar-refractivity contribution is 7.47. The van der Waals surface area contributed by atoms with Crippen molar-refractivity contribution in [3.63, 3.8) is 0 Å². The summed E-state index contributed by atoms with van der Waals surface area (Å²) >= 11 is 0. The number of hydrogen-bond acceptors (Lipinski definition) is 6.